The highest BCUT2D eigenvalue weighted by Gasteiger charge is 2.31. The highest BCUT2D eigenvalue weighted by Crippen LogP contribution is 2.22. The summed E-state index contributed by atoms with van der Waals surface area (Å²) in [6, 6.07) is -0.684. The molecule has 110 valence electrons. The van der Waals surface area contributed by atoms with E-state index in [4.69, 9.17) is 5.11 Å². The molecule has 5 nitrogen and oxygen atoms in total. The fourth-order valence-electron chi connectivity index (χ4n) is 2.74. The van der Waals surface area contributed by atoms with Crippen LogP contribution < -0.4 is 5.32 Å². The van der Waals surface area contributed by atoms with Crippen LogP contribution in [0.2, 0.25) is 0 Å². The van der Waals surface area contributed by atoms with Gasteiger partial charge in [-0.15, -0.1) is 0 Å². The molecule has 0 aromatic carbocycles. The lowest BCUT2D eigenvalue weighted by Gasteiger charge is -2.39. The molecule has 0 unspecified atom stereocenters. The second kappa shape index (κ2) is 6.78. The minimum atomic E-state index is -0.959. The van der Waals surface area contributed by atoms with Gasteiger partial charge in [-0.3, -0.25) is 0 Å². The molecule has 19 heavy (non-hydrogen) atoms. The first-order valence-corrected chi connectivity index (χ1v) is 7.14. The first kappa shape index (κ1) is 15.8. The lowest BCUT2D eigenvalue weighted by Crippen LogP contribution is -2.55. The van der Waals surface area contributed by atoms with Gasteiger partial charge >= 0.3 is 12.0 Å². The number of carboxylic acids is 1. The summed E-state index contributed by atoms with van der Waals surface area (Å²) in [6.45, 7) is 7.95. The summed E-state index contributed by atoms with van der Waals surface area (Å²) in [6.07, 6.45) is 3.55. The maximum Gasteiger partial charge on any atom is 0.326 e. The normalized spacial score (nSPS) is 25.2. The highest BCUT2D eigenvalue weighted by atomic mass is 16.4. The number of rotatable bonds is 4. The second-order valence-corrected chi connectivity index (χ2v) is 6.01. The third-order valence-electron chi connectivity index (χ3n) is 3.73. The minimum absolute atomic E-state index is 0.178. The number of nitrogens with zero attached hydrogens (tertiary/aromatic N) is 1. The zero-order valence-corrected chi connectivity index (χ0v) is 12.3. The van der Waals surface area contributed by atoms with Crippen LogP contribution in [-0.2, 0) is 4.79 Å². The van der Waals surface area contributed by atoms with Crippen LogP contribution in [0.25, 0.3) is 0 Å². The number of hydrogen-bond acceptors (Lipinski definition) is 2. The standard InChI is InChI=1S/C14H26N2O3/c1-9(2)8-12(13(17)18)15-14(19)16-10(3)6-5-7-11(16)4/h9-12H,5-8H2,1-4H3,(H,15,19)(H,17,18)/t10-,11+,12-/m1/s1. The molecule has 3 atom stereocenters. The van der Waals surface area contributed by atoms with Crippen LogP contribution in [0.1, 0.15) is 53.4 Å². The molecule has 1 saturated heterocycles. The number of carbonyl (C=O) groups is 2. The Morgan fingerprint density at radius 3 is 2.21 bits per heavy atom. The van der Waals surface area contributed by atoms with Crippen molar-refractivity contribution in [2.24, 2.45) is 5.92 Å². The van der Waals surface area contributed by atoms with Gasteiger partial charge in [0.05, 0.1) is 0 Å². The minimum Gasteiger partial charge on any atom is -0.480 e. The van der Waals surface area contributed by atoms with Gasteiger partial charge < -0.3 is 15.3 Å². The van der Waals surface area contributed by atoms with Gasteiger partial charge in [-0.1, -0.05) is 13.8 Å². The fraction of sp³-hybridized carbons (Fsp3) is 0.857. The van der Waals surface area contributed by atoms with Crippen LogP contribution in [0, 0.1) is 5.92 Å². The molecule has 1 aliphatic heterocycles. The van der Waals surface area contributed by atoms with Gasteiger partial charge in [-0.2, -0.15) is 0 Å². The van der Waals surface area contributed by atoms with Gasteiger partial charge in [0.2, 0.25) is 0 Å². The van der Waals surface area contributed by atoms with Crippen molar-refractivity contribution in [3.63, 3.8) is 0 Å². The van der Waals surface area contributed by atoms with E-state index >= 15 is 0 Å². The Morgan fingerprint density at radius 2 is 1.79 bits per heavy atom. The van der Waals surface area contributed by atoms with Crippen molar-refractivity contribution in [2.75, 3.05) is 0 Å². The number of aliphatic carboxylic acids is 1. The molecular formula is C14H26N2O3. The van der Waals surface area contributed by atoms with E-state index in [1.165, 1.54) is 0 Å². The third kappa shape index (κ3) is 4.40. The van der Waals surface area contributed by atoms with E-state index in [9.17, 15) is 9.59 Å². The van der Waals surface area contributed by atoms with Gasteiger partial charge in [0.1, 0.15) is 6.04 Å². The molecule has 0 aliphatic carbocycles. The molecule has 0 radical (unpaired) electrons. The molecule has 0 aromatic heterocycles. The lowest BCUT2D eigenvalue weighted by atomic mass is 9.98. The molecule has 0 aromatic rings. The van der Waals surface area contributed by atoms with Crippen molar-refractivity contribution in [3.8, 4) is 0 Å². The molecule has 2 amide bonds. The van der Waals surface area contributed by atoms with Gasteiger partial charge in [-0.25, -0.2) is 9.59 Å². The topological polar surface area (TPSA) is 69.6 Å². The predicted molar refractivity (Wildman–Crippen MR) is 74.0 cm³/mol. The third-order valence-corrected chi connectivity index (χ3v) is 3.73. The summed E-state index contributed by atoms with van der Waals surface area (Å²) in [5, 5.41) is 11.8. The molecule has 2 N–H and O–H groups in total. The average Bonchev–Trinajstić information content (AvgIpc) is 2.27. The van der Waals surface area contributed by atoms with E-state index in [2.05, 4.69) is 5.32 Å². The Balaban J connectivity index is 2.67. The second-order valence-electron chi connectivity index (χ2n) is 6.01. The zero-order chi connectivity index (χ0) is 14.6. The number of carbonyl (C=O) groups excluding carboxylic acids is 1. The number of urea groups is 1. The van der Waals surface area contributed by atoms with Crippen LogP contribution in [0.4, 0.5) is 4.79 Å². The first-order chi connectivity index (χ1) is 8.82. The Kier molecular flexibility index (Phi) is 5.63. The van der Waals surface area contributed by atoms with Crippen molar-refractivity contribution in [2.45, 2.75) is 71.5 Å². The summed E-state index contributed by atoms with van der Waals surface area (Å²) in [5.74, 6) is -0.725. The maximum atomic E-state index is 12.3. The number of amides is 2. The van der Waals surface area contributed by atoms with E-state index in [-0.39, 0.29) is 24.0 Å². The molecular weight excluding hydrogens is 244 g/mol. The lowest BCUT2D eigenvalue weighted by molar-refractivity contribution is -0.139. The quantitative estimate of drug-likeness (QED) is 0.824. The van der Waals surface area contributed by atoms with Crippen molar-refractivity contribution < 1.29 is 14.7 Å². The predicted octanol–water partition coefficient (Wildman–Crippen LogP) is 2.46. The maximum absolute atomic E-state index is 12.3. The first-order valence-electron chi connectivity index (χ1n) is 7.14. The van der Waals surface area contributed by atoms with Crippen molar-refractivity contribution in [1.29, 1.82) is 0 Å². The largest absolute Gasteiger partial charge is 0.480 e. The van der Waals surface area contributed by atoms with Gasteiger partial charge in [0, 0.05) is 12.1 Å². The highest BCUT2D eigenvalue weighted by molar-refractivity contribution is 5.82. The number of hydrogen-bond donors (Lipinski definition) is 2. The Morgan fingerprint density at radius 1 is 1.26 bits per heavy atom. The van der Waals surface area contributed by atoms with Crippen molar-refractivity contribution in [3.05, 3.63) is 0 Å². The Labute approximate surface area is 115 Å². The zero-order valence-electron chi connectivity index (χ0n) is 12.3. The van der Waals surface area contributed by atoms with Crippen LogP contribution in [0.3, 0.4) is 0 Å². The summed E-state index contributed by atoms with van der Waals surface area (Å²) >= 11 is 0. The van der Waals surface area contributed by atoms with Gasteiger partial charge in [-0.05, 0) is 45.4 Å². The van der Waals surface area contributed by atoms with Crippen LogP contribution in [-0.4, -0.2) is 40.1 Å². The Bertz CT molecular complexity index is 321. The SMILES string of the molecule is CC(C)C[C@@H](NC(=O)N1[C@H](C)CCC[C@@H]1C)C(=O)O. The molecule has 1 rings (SSSR count). The number of nitrogens with one attached hydrogen (secondary N) is 1. The molecule has 0 spiro atoms. The molecule has 0 saturated carbocycles. The average molecular weight is 270 g/mol. The van der Waals surface area contributed by atoms with E-state index < -0.39 is 12.0 Å². The van der Waals surface area contributed by atoms with Crippen LogP contribution >= 0.6 is 0 Å². The Hall–Kier alpha value is -1.26. The van der Waals surface area contributed by atoms with E-state index in [1.807, 2.05) is 27.7 Å². The van der Waals surface area contributed by atoms with E-state index in [1.54, 1.807) is 4.90 Å². The molecule has 5 heteroatoms. The van der Waals surface area contributed by atoms with Crippen LogP contribution in [0.5, 0.6) is 0 Å². The smallest absolute Gasteiger partial charge is 0.326 e. The van der Waals surface area contributed by atoms with Crippen molar-refractivity contribution >= 4 is 12.0 Å². The summed E-state index contributed by atoms with van der Waals surface area (Å²) in [4.78, 5) is 25.2. The summed E-state index contributed by atoms with van der Waals surface area (Å²) in [5.41, 5.74) is 0. The van der Waals surface area contributed by atoms with E-state index in [0.29, 0.717) is 6.42 Å². The number of likely N-dealkylation sites (tertiary alicyclic amines) is 1. The molecule has 1 fully saturated rings. The summed E-state index contributed by atoms with van der Waals surface area (Å²) in [7, 11) is 0. The number of piperidine rings is 1. The van der Waals surface area contributed by atoms with Crippen molar-refractivity contribution in [1.82, 2.24) is 10.2 Å². The molecule has 1 aliphatic rings. The number of carboxylic acid groups (broad SMARTS) is 1. The molecule has 0 bridgehead atoms. The van der Waals surface area contributed by atoms with Gasteiger partial charge in [0.15, 0.2) is 0 Å². The molecule has 1 heterocycles. The van der Waals surface area contributed by atoms with Crippen LogP contribution in [0.15, 0.2) is 0 Å². The van der Waals surface area contributed by atoms with Gasteiger partial charge in [0.25, 0.3) is 0 Å². The summed E-state index contributed by atoms with van der Waals surface area (Å²) < 4.78 is 0. The monoisotopic (exact) mass is 270 g/mol. The van der Waals surface area contributed by atoms with E-state index in [0.717, 1.165) is 19.3 Å². The fourth-order valence-corrected chi connectivity index (χ4v) is 2.74.